The summed E-state index contributed by atoms with van der Waals surface area (Å²) in [7, 11) is 1.94. The fourth-order valence-corrected chi connectivity index (χ4v) is 2.42. The summed E-state index contributed by atoms with van der Waals surface area (Å²) >= 11 is 0. The van der Waals surface area contributed by atoms with Gasteiger partial charge in [0.15, 0.2) is 0 Å². The number of carbonyl (C=O) groups is 1. The quantitative estimate of drug-likeness (QED) is 0.783. The summed E-state index contributed by atoms with van der Waals surface area (Å²) in [5.41, 5.74) is 5.43. The van der Waals surface area contributed by atoms with Crippen LogP contribution in [-0.4, -0.2) is 54.5 Å². The molecule has 1 rings (SSSR count). The van der Waals surface area contributed by atoms with Gasteiger partial charge in [-0.1, -0.05) is 0 Å². The third-order valence-electron chi connectivity index (χ3n) is 3.77. The van der Waals surface area contributed by atoms with Crippen molar-refractivity contribution in [2.45, 2.75) is 51.6 Å². The lowest BCUT2D eigenvalue weighted by Crippen LogP contribution is -2.47. The number of nitrogens with two attached hydrogens (primary N) is 1. The minimum absolute atomic E-state index is 0.249. The Morgan fingerprint density at radius 3 is 2.47 bits per heavy atom. The Kier molecular flexibility index (Phi) is 5.92. The smallest absolute Gasteiger partial charge is 0.222 e. The Labute approximate surface area is 105 Å². The SMILES string of the molecule is CC(C)N1CCC(N(C)C(=O)CCCN)CC1. The lowest BCUT2D eigenvalue weighted by atomic mass is 10.0. The summed E-state index contributed by atoms with van der Waals surface area (Å²) in [5, 5.41) is 0. The first-order valence-electron chi connectivity index (χ1n) is 6.76. The maximum atomic E-state index is 11.9. The predicted octanol–water partition coefficient (Wildman–Crippen LogP) is 1.06. The average Bonchev–Trinajstić information content (AvgIpc) is 2.35. The van der Waals surface area contributed by atoms with Gasteiger partial charge in [0, 0.05) is 38.6 Å². The van der Waals surface area contributed by atoms with Crippen molar-refractivity contribution in [1.82, 2.24) is 9.80 Å². The third-order valence-corrected chi connectivity index (χ3v) is 3.77. The molecule has 1 aliphatic rings. The van der Waals surface area contributed by atoms with E-state index in [2.05, 4.69) is 18.7 Å². The van der Waals surface area contributed by atoms with E-state index in [0.29, 0.717) is 25.0 Å². The van der Waals surface area contributed by atoms with E-state index in [9.17, 15) is 4.79 Å². The van der Waals surface area contributed by atoms with Gasteiger partial charge in [-0.05, 0) is 39.7 Å². The molecule has 4 nitrogen and oxygen atoms in total. The van der Waals surface area contributed by atoms with Crippen molar-refractivity contribution >= 4 is 5.91 Å². The first-order chi connectivity index (χ1) is 8.06. The highest BCUT2D eigenvalue weighted by Crippen LogP contribution is 2.17. The Balaban J connectivity index is 2.35. The number of nitrogens with zero attached hydrogens (tertiary/aromatic N) is 2. The van der Waals surface area contributed by atoms with E-state index in [1.807, 2.05) is 11.9 Å². The number of likely N-dealkylation sites (tertiary alicyclic amines) is 1. The Bertz CT molecular complexity index is 235. The first-order valence-corrected chi connectivity index (χ1v) is 6.76. The van der Waals surface area contributed by atoms with Gasteiger partial charge in [-0.25, -0.2) is 0 Å². The van der Waals surface area contributed by atoms with Crippen LogP contribution in [0.2, 0.25) is 0 Å². The fourth-order valence-electron chi connectivity index (χ4n) is 2.42. The van der Waals surface area contributed by atoms with E-state index < -0.39 is 0 Å². The van der Waals surface area contributed by atoms with Crippen LogP contribution in [0.5, 0.6) is 0 Å². The second-order valence-corrected chi connectivity index (χ2v) is 5.26. The van der Waals surface area contributed by atoms with Gasteiger partial charge >= 0.3 is 0 Å². The second kappa shape index (κ2) is 6.97. The molecule has 2 N–H and O–H groups in total. The number of carbonyl (C=O) groups excluding carboxylic acids is 1. The molecule has 0 spiro atoms. The minimum atomic E-state index is 0.249. The molecule has 1 saturated heterocycles. The zero-order chi connectivity index (χ0) is 12.8. The number of hydrogen-bond donors (Lipinski definition) is 1. The van der Waals surface area contributed by atoms with Crippen molar-refractivity contribution in [3.63, 3.8) is 0 Å². The standard InChI is InChI=1S/C13H27N3O/c1-11(2)16-9-6-12(7-10-16)15(3)13(17)5-4-8-14/h11-12H,4-10,14H2,1-3H3. The maximum Gasteiger partial charge on any atom is 0.222 e. The zero-order valence-electron chi connectivity index (χ0n) is 11.5. The van der Waals surface area contributed by atoms with Gasteiger partial charge in [0.2, 0.25) is 5.91 Å². The highest BCUT2D eigenvalue weighted by atomic mass is 16.2. The molecule has 1 heterocycles. The molecule has 0 aliphatic carbocycles. The van der Waals surface area contributed by atoms with Crippen molar-refractivity contribution in [2.24, 2.45) is 5.73 Å². The topological polar surface area (TPSA) is 49.6 Å². The highest BCUT2D eigenvalue weighted by molar-refractivity contribution is 5.76. The number of hydrogen-bond acceptors (Lipinski definition) is 3. The Morgan fingerprint density at radius 1 is 1.41 bits per heavy atom. The molecule has 0 aromatic heterocycles. The van der Waals surface area contributed by atoms with Crippen LogP contribution in [-0.2, 0) is 4.79 Å². The zero-order valence-corrected chi connectivity index (χ0v) is 11.5. The molecule has 0 bridgehead atoms. The van der Waals surface area contributed by atoms with Crippen LogP contribution in [0.25, 0.3) is 0 Å². The molecule has 1 amide bonds. The van der Waals surface area contributed by atoms with Crippen LogP contribution < -0.4 is 5.73 Å². The summed E-state index contributed by atoms with van der Waals surface area (Å²) in [6.45, 7) is 7.28. The van der Waals surface area contributed by atoms with Gasteiger partial charge in [-0.3, -0.25) is 4.79 Å². The molecule has 0 aromatic rings. The van der Waals surface area contributed by atoms with Crippen molar-refractivity contribution in [3.8, 4) is 0 Å². The molecular weight excluding hydrogens is 214 g/mol. The molecule has 0 atom stereocenters. The van der Waals surface area contributed by atoms with Gasteiger partial charge in [-0.2, -0.15) is 0 Å². The number of amides is 1. The molecule has 0 saturated carbocycles. The van der Waals surface area contributed by atoms with E-state index in [1.165, 1.54) is 0 Å². The molecule has 0 radical (unpaired) electrons. The normalized spacial score (nSPS) is 18.6. The average molecular weight is 241 g/mol. The largest absolute Gasteiger partial charge is 0.343 e. The molecule has 1 aliphatic heterocycles. The Morgan fingerprint density at radius 2 is 2.00 bits per heavy atom. The summed E-state index contributed by atoms with van der Waals surface area (Å²) in [6, 6.07) is 1.05. The summed E-state index contributed by atoms with van der Waals surface area (Å²) in [6.07, 6.45) is 3.59. The second-order valence-electron chi connectivity index (χ2n) is 5.26. The van der Waals surface area contributed by atoms with Crippen molar-refractivity contribution in [1.29, 1.82) is 0 Å². The summed E-state index contributed by atoms with van der Waals surface area (Å²) in [5.74, 6) is 0.249. The highest BCUT2D eigenvalue weighted by Gasteiger charge is 2.25. The lowest BCUT2D eigenvalue weighted by molar-refractivity contribution is -0.133. The minimum Gasteiger partial charge on any atom is -0.343 e. The lowest BCUT2D eigenvalue weighted by Gasteiger charge is -2.38. The van der Waals surface area contributed by atoms with Gasteiger partial charge in [0.25, 0.3) is 0 Å². The molecule has 4 heteroatoms. The van der Waals surface area contributed by atoms with Crippen LogP contribution in [0.15, 0.2) is 0 Å². The Hall–Kier alpha value is -0.610. The summed E-state index contributed by atoms with van der Waals surface area (Å²) in [4.78, 5) is 16.3. The maximum absolute atomic E-state index is 11.9. The van der Waals surface area contributed by atoms with Crippen LogP contribution in [0.3, 0.4) is 0 Å². The van der Waals surface area contributed by atoms with Crippen molar-refractivity contribution in [3.05, 3.63) is 0 Å². The molecule has 17 heavy (non-hydrogen) atoms. The van der Waals surface area contributed by atoms with Crippen LogP contribution in [0.1, 0.15) is 39.5 Å². The summed E-state index contributed by atoms with van der Waals surface area (Å²) < 4.78 is 0. The van der Waals surface area contributed by atoms with Gasteiger partial charge in [0.1, 0.15) is 0 Å². The van der Waals surface area contributed by atoms with E-state index in [4.69, 9.17) is 5.73 Å². The van der Waals surface area contributed by atoms with Gasteiger partial charge in [-0.15, -0.1) is 0 Å². The number of rotatable bonds is 5. The predicted molar refractivity (Wildman–Crippen MR) is 70.8 cm³/mol. The van der Waals surface area contributed by atoms with Crippen molar-refractivity contribution in [2.75, 3.05) is 26.7 Å². The first kappa shape index (κ1) is 14.5. The number of piperidine rings is 1. The third kappa shape index (κ3) is 4.28. The van der Waals surface area contributed by atoms with Crippen LogP contribution >= 0.6 is 0 Å². The van der Waals surface area contributed by atoms with Crippen molar-refractivity contribution < 1.29 is 4.79 Å². The van der Waals surface area contributed by atoms with Gasteiger partial charge < -0.3 is 15.5 Å². The molecule has 0 aromatic carbocycles. The molecule has 0 unspecified atom stereocenters. The van der Waals surface area contributed by atoms with E-state index in [1.54, 1.807) is 0 Å². The van der Waals surface area contributed by atoms with E-state index in [0.717, 1.165) is 32.4 Å². The molecule has 100 valence electrons. The van der Waals surface area contributed by atoms with E-state index >= 15 is 0 Å². The van der Waals surface area contributed by atoms with E-state index in [-0.39, 0.29) is 5.91 Å². The molecule has 1 fully saturated rings. The van der Waals surface area contributed by atoms with Crippen LogP contribution in [0.4, 0.5) is 0 Å². The fraction of sp³-hybridized carbons (Fsp3) is 0.923. The van der Waals surface area contributed by atoms with Crippen LogP contribution in [0, 0.1) is 0 Å². The molecular formula is C13H27N3O. The monoisotopic (exact) mass is 241 g/mol. The van der Waals surface area contributed by atoms with Gasteiger partial charge in [0.05, 0.1) is 0 Å².